The number of carboxylic acids is 1. The largest absolute Gasteiger partial charge is 0.478 e. The summed E-state index contributed by atoms with van der Waals surface area (Å²) < 4.78 is 5.74. The molecular weight excluding hydrogens is 290 g/mol. The maximum atomic E-state index is 10.9. The van der Waals surface area contributed by atoms with Crippen molar-refractivity contribution in [3.05, 3.63) is 78.4 Å². The van der Waals surface area contributed by atoms with Crippen molar-refractivity contribution in [3.63, 3.8) is 0 Å². The topological polar surface area (TPSA) is 72.5 Å². The minimum Gasteiger partial charge on any atom is -0.478 e. The molecule has 3 aromatic carbocycles. The van der Waals surface area contributed by atoms with Gasteiger partial charge in [0.1, 0.15) is 11.5 Å². The number of rotatable bonds is 4. The van der Waals surface area contributed by atoms with Crippen molar-refractivity contribution < 1.29 is 14.6 Å². The molecule has 0 amide bonds. The second kappa shape index (κ2) is 6.23. The van der Waals surface area contributed by atoms with Crippen LogP contribution in [0.3, 0.4) is 0 Å². The Morgan fingerprint density at radius 3 is 1.65 bits per heavy atom. The zero-order valence-electron chi connectivity index (χ0n) is 12.3. The van der Waals surface area contributed by atoms with Gasteiger partial charge in [0.05, 0.1) is 5.56 Å². The number of aromatic carboxylic acids is 1. The summed E-state index contributed by atoms with van der Waals surface area (Å²) in [6, 6.07) is 21.6. The van der Waals surface area contributed by atoms with Crippen LogP contribution < -0.4 is 10.5 Å². The maximum Gasteiger partial charge on any atom is 0.335 e. The minimum absolute atomic E-state index is 0.275. The lowest BCUT2D eigenvalue weighted by Crippen LogP contribution is -1.94. The third-order valence-corrected chi connectivity index (χ3v) is 3.44. The van der Waals surface area contributed by atoms with Crippen molar-refractivity contribution in [2.24, 2.45) is 0 Å². The molecule has 4 nitrogen and oxygen atoms in total. The summed E-state index contributed by atoms with van der Waals surface area (Å²) in [4.78, 5) is 10.9. The van der Waals surface area contributed by atoms with Gasteiger partial charge in [0, 0.05) is 5.69 Å². The van der Waals surface area contributed by atoms with Gasteiger partial charge in [0.15, 0.2) is 0 Å². The molecular formula is C19H15NO3. The van der Waals surface area contributed by atoms with Crippen molar-refractivity contribution in [2.75, 3.05) is 5.73 Å². The fourth-order valence-corrected chi connectivity index (χ4v) is 2.19. The highest BCUT2D eigenvalue weighted by Crippen LogP contribution is 2.26. The molecule has 0 saturated heterocycles. The van der Waals surface area contributed by atoms with Crippen LogP contribution in [0.15, 0.2) is 72.8 Å². The van der Waals surface area contributed by atoms with E-state index in [1.54, 1.807) is 36.4 Å². The lowest BCUT2D eigenvalue weighted by Gasteiger charge is -2.07. The Kier molecular flexibility index (Phi) is 3.97. The predicted octanol–water partition coefficient (Wildman–Crippen LogP) is 4.43. The molecule has 0 aliphatic rings. The van der Waals surface area contributed by atoms with Gasteiger partial charge in [-0.2, -0.15) is 0 Å². The first-order valence-corrected chi connectivity index (χ1v) is 7.09. The van der Waals surface area contributed by atoms with Gasteiger partial charge in [-0.05, 0) is 59.7 Å². The molecule has 0 radical (unpaired) electrons. The summed E-state index contributed by atoms with van der Waals surface area (Å²) >= 11 is 0. The summed E-state index contributed by atoms with van der Waals surface area (Å²) in [5.41, 5.74) is 8.55. The highest BCUT2D eigenvalue weighted by molar-refractivity contribution is 5.88. The van der Waals surface area contributed by atoms with Gasteiger partial charge >= 0.3 is 5.97 Å². The molecule has 0 aliphatic carbocycles. The van der Waals surface area contributed by atoms with Crippen LogP contribution in [-0.2, 0) is 0 Å². The summed E-state index contributed by atoms with van der Waals surface area (Å²) in [7, 11) is 0. The van der Waals surface area contributed by atoms with Crippen molar-refractivity contribution in [1.29, 1.82) is 0 Å². The van der Waals surface area contributed by atoms with E-state index < -0.39 is 5.97 Å². The van der Waals surface area contributed by atoms with Crippen LogP contribution in [0, 0.1) is 0 Å². The van der Waals surface area contributed by atoms with Crippen LogP contribution in [-0.4, -0.2) is 11.1 Å². The zero-order chi connectivity index (χ0) is 16.2. The first-order valence-electron chi connectivity index (χ1n) is 7.09. The molecule has 3 N–H and O–H groups in total. The summed E-state index contributed by atoms with van der Waals surface area (Å²) in [6.07, 6.45) is 0. The van der Waals surface area contributed by atoms with Crippen LogP contribution in [0.1, 0.15) is 10.4 Å². The van der Waals surface area contributed by atoms with Crippen LogP contribution in [0.5, 0.6) is 11.5 Å². The molecule has 3 rings (SSSR count). The molecule has 0 unspecified atom stereocenters. The summed E-state index contributed by atoms with van der Waals surface area (Å²) in [6.45, 7) is 0. The number of benzene rings is 3. The van der Waals surface area contributed by atoms with Gasteiger partial charge in [-0.1, -0.05) is 24.3 Å². The number of hydrogen-bond acceptors (Lipinski definition) is 3. The van der Waals surface area contributed by atoms with Crippen LogP contribution in [0.2, 0.25) is 0 Å². The molecule has 0 atom stereocenters. The second-order valence-corrected chi connectivity index (χ2v) is 5.08. The maximum absolute atomic E-state index is 10.9. The molecule has 0 spiro atoms. The smallest absolute Gasteiger partial charge is 0.335 e. The molecule has 0 aromatic heterocycles. The summed E-state index contributed by atoms with van der Waals surface area (Å²) in [5.74, 6) is 0.516. The number of nitrogens with two attached hydrogens (primary N) is 1. The minimum atomic E-state index is -0.927. The average Bonchev–Trinajstić information content (AvgIpc) is 2.58. The van der Waals surface area contributed by atoms with E-state index in [9.17, 15) is 4.79 Å². The predicted molar refractivity (Wildman–Crippen MR) is 89.8 cm³/mol. The number of ether oxygens (including phenoxy) is 1. The van der Waals surface area contributed by atoms with Gasteiger partial charge in [0.25, 0.3) is 0 Å². The average molecular weight is 305 g/mol. The Morgan fingerprint density at radius 1 is 0.739 bits per heavy atom. The fourth-order valence-electron chi connectivity index (χ4n) is 2.19. The lowest BCUT2D eigenvalue weighted by atomic mass is 10.0. The Balaban J connectivity index is 1.76. The fraction of sp³-hybridized carbons (Fsp3) is 0. The van der Waals surface area contributed by atoms with Crippen LogP contribution in [0.25, 0.3) is 11.1 Å². The number of hydrogen-bond donors (Lipinski definition) is 2. The molecule has 0 aliphatic heterocycles. The van der Waals surface area contributed by atoms with E-state index in [4.69, 9.17) is 15.6 Å². The molecule has 23 heavy (non-hydrogen) atoms. The van der Waals surface area contributed by atoms with Gasteiger partial charge < -0.3 is 15.6 Å². The molecule has 0 bridgehead atoms. The van der Waals surface area contributed by atoms with Crippen molar-refractivity contribution in [1.82, 2.24) is 0 Å². The van der Waals surface area contributed by atoms with Gasteiger partial charge in [-0.25, -0.2) is 4.79 Å². The highest BCUT2D eigenvalue weighted by Gasteiger charge is 2.04. The number of carboxylic acid groups (broad SMARTS) is 1. The van der Waals surface area contributed by atoms with E-state index in [0.717, 1.165) is 22.6 Å². The van der Waals surface area contributed by atoms with Gasteiger partial charge in [-0.3, -0.25) is 0 Å². The van der Waals surface area contributed by atoms with E-state index in [1.165, 1.54) is 0 Å². The van der Waals surface area contributed by atoms with E-state index in [1.807, 2.05) is 36.4 Å². The number of anilines is 1. The quantitative estimate of drug-likeness (QED) is 0.700. The van der Waals surface area contributed by atoms with Crippen molar-refractivity contribution in [3.8, 4) is 22.6 Å². The highest BCUT2D eigenvalue weighted by atomic mass is 16.5. The van der Waals surface area contributed by atoms with Crippen LogP contribution in [0.4, 0.5) is 5.69 Å². The first kappa shape index (κ1) is 14.7. The Morgan fingerprint density at radius 2 is 1.17 bits per heavy atom. The molecule has 0 fully saturated rings. The van der Waals surface area contributed by atoms with Gasteiger partial charge in [-0.15, -0.1) is 0 Å². The molecule has 0 saturated carbocycles. The number of carbonyl (C=O) groups is 1. The number of nitrogen functional groups attached to an aromatic ring is 1. The third-order valence-electron chi connectivity index (χ3n) is 3.44. The van der Waals surface area contributed by atoms with Crippen LogP contribution >= 0.6 is 0 Å². The van der Waals surface area contributed by atoms with Crippen molar-refractivity contribution in [2.45, 2.75) is 0 Å². The Hall–Kier alpha value is -3.27. The van der Waals surface area contributed by atoms with Gasteiger partial charge in [0.2, 0.25) is 0 Å². The van der Waals surface area contributed by atoms with E-state index in [0.29, 0.717) is 5.69 Å². The normalized spacial score (nSPS) is 10.3. The Labute approximate surface area is 133 Å². The SMILES string of the molecule is Nc1ccc(Oc2ccc(-c3ccc(C(=O)O)cc3)cc2)cc1. The molecule has 4 heteroatoms. The third kappa shape index (κ3) is 3.49. The summed E-state index contributed by atoms with van der Waals surface area (Å²) in [5, 5.41) is 8.92. The Bertz CT molecular complexity index is 807. The zero-order valence-corrected chi connectivity index (χ0v) is 12.3. The van der Waals surface area contributed by atoms with E-state index >= 15 is 0 Å². The lowest BCUT2D eigenvalue weighted by molar-refractivity contribution is 0.0697. The standard InChI is InChI=1S/C19H15NO3/c20-16-7-11-18(12-8-16)23-17-9-5-14(6-10-17)13-1-3-15(4-2-13)19(21)22/h1-12H,20H2,(H,21,22). The molecule has 3 aromatic rings. The molecule has 114 valence electrons. The monoisotopic (exact) mass is 305 g/mol. The first-order chi connectivity index (χ1) is 11.1. The molecule has 0 heterocycles. The van der Waals surface area contributed by atoms with E-state index in [-0.39, 0.29) is 5.56 Å². The van der Waals surface area contributed by atoms with E-state index in [2.05, 4.69) is 0 Å². The second-order valence-electron chi connectivity index (χ2n) is 5.08. The van der Waals surface area contributed by atoms with Crippen molar-refractivity contribution >= 4 is 11.7 Å².